The van der Waals surface area contributed by atoms with Crippen molar-refractivity contribution in [3.63, 3.8) is 0 Å². The van der Waals surface area contributed by atoms with Crippen molar-refractivity contribution in [1.29, 1.82) is 0 Å². The summed E-state index contributed by atoms with van der Waals surface area (Å²) in [5.41, 5.74) is 4.87. The van der Waals surface area contributed by atoms with Gasteiger partial charge in [-0.3, -0.25) is 15.5 Å². The Balaban J connectivity index is 1.96. The van der Waals surface area contributed by atoms with Gasteiger partial charge in [-0.15, -0.1) is 0 Å². The van der Waals surface area contributed by atoms with Gasteiger partial charge >= 0.3 is 0 Å². The molecule has 0 aliphatic carbocycles. The fourth-order valence-corrected chi connectivity index (χ4v) is 3.17. The summed E-state index contributed by atoms with van der Waals surface area (Å²) in [4.78, 5) is 10.6. The Kier molecular flexibility index (Phi) is 5.23. The van der Waals surface area contributed by atoms with E-state index in [-0.39, 0.29) is 5.69 Å². The number of fused-ring (bicyclic) bond motifs is 1. The average molecular weight is 371 g/mol. The van der Waals surface area contributed by atoms with Crippen molar-refractivity contribution in [3.05, 3.63) is 69.4 Å². The second-order valence-electron chi connectivity index (χ2n) is 6.37. The topological polar surface area (TPSA) is 72.5 Å². The quantitative estimate of drug-likeness (QED) is 0.363. The van der Waals surface area contributed by atoms with E-state index in [9.17, 15) is 10.1 Å². The molecule has 134 valence electrons. The van der Waals surface area contributed by atoms with Crippen molar-refractivity contribution in [2.45, 2.75) is 20.4 Å². The van der Waals surface area contributed by atoms with Crippen LogP contribution in [0.2, 0.25) is 5.15 Å². The Bertz CT molecular complexity index is 979. The van der Waals surface area contributed by atoms with Crippen LogP contribution in [0.5, 0.6) is 0 Å². The number of rotatable bonds is 6. The first kappa shape index (κ1) is 17.9. The van der Waals surface area contributed by atoms with Crippen LogP contribution in [0.25, 0.3) is 10.9 Å². The standard InChI is InChI=1S/C19H19ClN4O2/c1-13(2)12-23-17-9-5-3-7-14(17)15(19(23)20)11-21-22-16-8-4-6-10-18(16)24(25)26/h3-11,13,22H,12H2,1-2H3/b21-11-. The van der Waals surface area contributed by atoms with E-state index in [4.69, 9.17) is 11.6 Å². The SMILES string of the molecule is CC(C)Cn1c(Cl)c(/C=N\Nc2ccccc2[N+](=O)[O-])c2ccccc21. The van der Waals surface area contributed by atoms with E-state index in [0.717, 1.165) is 23.0 Å². The first-order valence-electron chi connectivity index (χ1n) is 8.28. The van der Waals surface area contributed by atoms with Crippen molar-refractivity contribution in [3.8, 4) is 0 Å². The molecule has 3 rings (SSSR count). The van der Waals surface area contributed by atoms with E-state index in [0.29, 0.717) is 16.8 Å². The molecule has 0 bridgehead atoms. The smallest absolute Gasteiger partial charge is 0.294 e. The summed E-state index contributed by atoms with van der Waals surface area (Å²) in [5.74, 6) is 0.443. The monoisotopic (exact) mass is 370 g/mol. The Morgan fingerprint density at radius 2 is 1.92 bits per heavy atom. The van der Waals surface area contributed by atoms with Crippen LogP contribution in [0, 0.1) is 16.0 Å². The van der Waals surface area contributed by atoms with Crippen LogP contribution in [0.1, 0.15) is 19.4 Å². The van der Waals surface area contributed by atoms with Crippen LogP contribution in [0.3, 0.4) is 0 Å². The van der Waals surface area contributed by atoms with E-state index in [2.05, 4.69) is 28.9 Å². The maximum Gasteiger partial charge on any atom is 0.294 e. The number of hydrazone groups is 1. The number of nitrogens with zero attached hydrogens (tertiary/aromatic N) is 3. The molecule has 7 heteroatoms. The molecule has 2 aromatic carbocycles. The highest BCUT2D eigenvalue weighted by Crippen LogP contribution is 2.30. The molecule has 26 heavy (non-hydrogen) atoms. The minimum atomic E-state index is -0.445. The molecule has 3 aromatic rings. The van der Waals surface area contributed by atoms with Gasteiger partial charge < -0.3 is 4.57 Å². The molecule has 1 aromatic heterocycles. The lowest BCUT2D eigenvalue weighted by molar-refractivity contribution is -0.384. The molecule has 0 radical (unpaired) electrons. The predicted octanol–water partition coefficient (Wildman–Crippen LogP) is 5.30. The zero-order valence-corrected chi connectivity index (χ0v) is 15.3. The van der Waals surface area contributed by atoms with Gasteiger partial charge in [0, 0.05) is 29.1 Å². The molecule has 1 N–H and O–H groups in total. The Morgan fingerprint density at radius 3 is 2.65 bits per heavy atom. The fourth-order valence-electron chi connectivity index (χ4n) is 2.86. The van der Waals surface area contributed by atoms with Gasteiger partial charge in [-0.1, -0.05) is 55.8 Å². The van der Waals surface area contributed by atoms with E-state index < -0.39 is 4.92 Å². The van der Waals surface area contributed by atoms with Gasteiger partial charge in [0.05, 0.1) is 11.1 Å². The largest absolute Gasteiger partial charge is 0.331 e. The number of halogens is 1. The maximum absolute atomic E-state index is 11.1. The lowest BCUT2D eigenvalue weighted by atomic mass is 10.2. The second kappa shape index (κ2) is 7.58. The van der Waals surface area contributed by atoms with E-state index in [1.807, 2.05) is 24.3 Å². The molecule has 1 heterocycles. The molecule has 0 fully saturated rings. The lowest BCUT2D eigenvalue weighted by Gasteiger charge is -2.09. The summed E-state index contributed by atoms with van der Waals surface area (Å²) in [6.07, 6.45) is 1.61. The summed E-state index contributed by atoms with van der Waals surface area (Å²) in [7, 11) is 0. The molecule has 0 unspecified atom stereocenters. The second-order valence-corrected chi connectivity index (χ2v) is 6.73. The number of hydrogen-bond acceptors (Lipinski definition) is 4. The third-order valence-corrected chi connectivity index (χ3v) is 4.38. The number of nitro groups is 1. The Morgan fingerprint density at radius 1 is 1.23 bits per heavy atom. The van der Waals surface area contributed by atoms with Gasteiger partial charge in [-0.2, -0.15) is 5.10 Å². The lowest BCUT2D eigenvalue weighted by Crippen LogP contribution is -2.04. The fraction of sp³-hybridized carbons (Fsp3) is 0.211. The highest BCUT2D eigenvalue weighted by atomic mass is 35.5. The van der Waals surface area contributed by atoms with Gasteiger partial charge in [-0.25, -0.2) is 0 Å². The Hall–Kier alpha value is -2.86. The van der Waals surface area contributed by atoms with Gasteiger partial charge in [0.1, 0.15) is 10.8 Å². The molecule has 0 aliphatic heterocycles. The van der Waals surface area contributed by atoms with Gasteiger partial charge in [0.2, 0.25) is 0 Å². The molecule has 0 saturated carbocycles. The summed E-state index contributed by atoms with van der Waals surface area (Å²) in [6, 6.07) is 14.3. The third-order valence-electron chi connectivity index (χ3n) is 3.97. The Labute approximate surface area is 156 Å². The third kappa shape index (κ3) is 3.55. The molecular weight excluding hydrogens is 352 g/mol. The molecule has 0 atom stereocenters. The number of anilines is 1. The summed E-state index contributed by atoms with van der Waals surface area (Å²) >= 11 is 6.60. The van der Waals surface area contributed by atoms with E-state index in [1.54, 1.807) is 24.4 Å². The molecular formula is C19H19ClN4O2. The molecule has 6 nitrogen and oxygen atoms in total. The van der Waals surface area contributed by atoms with Crippen LogP contribution >= 0.6 is 11.6 Å². The minimum Gasteiger partial charge on any atom is -0.331 e. The highest BCUT2D eigenvalue weighted by molar-refractivity contribution is 6.34. The zero-order valence-electron chi connectivity index (χ0n) is 14.5. The van der Waals surface area contributed by atoms with Crippen molar-refractivity contribution >= 4 is 40.1 Å². The maximum atomic E-state index is 11.1. The van der Waals surface area contributed by atoms with Crippen molar-refractivity contribution in [2.75, 3.05) is 5.43 Å². The number of nitrogens with one attached hydrogen (secondary N) is 1. The summed E-state index contributed by atoms with van der Waals surface area (Å²) < 4.78 is 2.06. The predicted molar refractivity (Wildman–Crippen MR) is 106 cm³/mol. The summed E-state index contributed by atoms with van der Waals surface area (Å²) in [5, 5.41) is 16.9. The van der Waals surface area contributed by atoms with Crippen LogP contribution in [-0.2, 0) is 6.54 Å². The van der Waals surface area contributed by atoms with Crippen LogP contribution in [0.15, 0.2) is 53.6 Å². The zero-order chi connectivity index (χ0) is 18.7. The summed E-state index contributed by atoms with van der Waals surface area (Å²) in [6.45, 7) is 5.06. The van der Waals surface area contributed by atoms with E-state index in [1.165, 1.54) is 6.07 Å². The number of hydrogen-bond donors (Lipinski definition) is 1. The molecule has 0 saturated heterocycles. The van der Waals surface area contributed by atoms with Gasteiger partial charge in [0.25, 0.3) is 5.69 Å². The molecule has 0 spiro atoms. The molecule has 0 amide bonds. The van der Waals surface area contributed by atoms with Crippen LogP contribution in [0.4, 0.5) is 11.4 Å². The van der Waals surface area contributed by atoms with Crippen LogP contribution < -0.4 is 5.43 Å². The minimum absolute atomic E-state index is 0.0296. The van der Waals surface area contributed by atoms with Crippen molar-refractivity contribution in [2.24, 2.45) is 11.0 Å². The number of aromatic nitrogens is 1. The number of para-hydroxylation sites is 3. The van der Waals surface area contributed by atoms with Crippen molar-refractivity contribution < 1.29 is 4.92 Å². The normalized spacial score (nSPS) is 11.5. The highest BCUT2D eigenvalue weighted by Gasteiger charge is 2.15. The van der Waals surface area contributed by atoms with Gasteiger partial charge in [-0.05, 0) is 18.1 Å². The van der Waals surface area contributed by atoms with Crippen LogP contribution in [-0.4, -0.2) is 15.7 Å². The van der Waals surface area contributed by atoms with Gasteiger partial charge in [0.15, 0.2) is 0 Å². The number of nitro benzene ring substituents is 1. The molecule has 0 aliphatic rings. The van der Waals surface area contributed by atoms with Crippen molar-refractivity contribution in [1.82, 2.24) is 4.57 Å². The number of benzene rings is 2. The average Bonchev–Trinajstić information content (AvgIpc) is 2.87. The first-order chi connectivity index (χ1) is 12.5. The first-order valence-corrected chi connectivity index (χ1v) is 8.66. The van der Waals surface area contributed by atoms with E-state index >= 15 is 0 Å².